The number of aldehydes is 1. The third-order valence-corrected chi connectivity index (χ3v) is 3.70. The predicted octanol–water partition coefficient (Wildman–Crippen LogP) is 4.30. The third-order valence-electron chi connectivity index (χ3n) is 1.79. The highest BCUT2D eigenvalue weighted by molar-refractivity contribution is 9.10. The van der Waals surface area contributed by atoms with Gasteiger partial charge in [-0.2, -0.15) is 4.98 Å². The quantitative estimate of drug-likeness (QED) is 0.784. The van der Waals surface area contributed by atoms with Gasteiger partial charge in [-0.1, -0.05) is 22.9 Å². The number of hydrogen-bond donors (Lipinski definition) is 0. The van der Waals surface area contributed by atoms with E-state index < -0.39 is 5.82 Å². The molecule has 3 nitrogen and oxygen atoms in total. The van der Waals surface area contributed by atoms with Crippen LogP contribution in [-0.4, -0.2) is 11.3 Å². The van der Waals surface area contributed by atoms with Crippen molar-refractivity contribution in [2.75, 3.05) is 0 Å². The van der Waals surface area contributed by atoms with Crippen LogP contribution >= 0.6 is 38.9 Å². The maximum atomic E-state index is 13.0. The lowest BCUT2D eigenvalue weighted by atomic mass is 10.3. The van der Waals surface area contributed by atoms with Crippen molar-refractivity contribution in [1.29, 1.82) is 0 Å². The molecule has 0 saturated heterocycles. The van der Waals surface area contributed by atoms with Crippen LogP contribution in [0.4, 0.5) is 4.39 Å². The number of aromatic nitrogens is 1. The van der Waals surface area contributed by atoms with Gasteiger partial charge in [0, 0.05) is 6.07 Å². The Kier molecular flexibility index (Phi) is 3.76. The van der Waals surface area contributed by atoms with Crippen LogP contribution in [0.5, 0.6) is 10.9 Å². The fraction of sp³-hybridized carbons (Fsp3) is 0. The number of ether oxygens (including phenoxy) is 1. The molecule has 0 spiro atoms. The van der Waals surface area contributed by atoms with E-state index in [4.69, 9.17) is 16.3 Å². The van der Waals surface area contributed by atoms with Crippen LogP contribution in [0, 0.1) is 5.82 Å². The van der Waals surface area contributed by atoms with E-state index in [1.165, 1.54) is 18.2 Å². The van der Waals surface area contributed by atoms with E-state index in [-0.39, 0.29) is 21.0 Å². The summed E-state index contributed by atoms with van der Waals surface area (Å²) in [6, 6.07) is 4.02. The summed E-state index contributed by atoms with van der Waals surface area (Å²) in [5.41, 5.74) is 0. The van der Waals surface area contributed by atoms with Gasteiger partial charge in [-0.05, 0) is 28.1 Å². The summed E-state index contributed by atoms with van der Waals surface area (Å²) in [4.78, 5) is 14.7. The first-order valence-corrected chi connectivity index (χ1v) is 6.33. The van der Waals surface area contributed by atoms with Gasteiger partial charge in [0.05, 0.1) is 4.47 Å². The zero-order valence-electron chi connectivity index (χ0n) is 8.12. The molecule has 7 heteroatoms. The maximum absolute atomic E-state index is 13.0. The van der Waals surface area contributed by atoms with Crippen LogP contribution in [0.3, 0.4) is 0 Å². The predicted molar refractivity (Wildman–Crippen MR) is 66.7 cm³/mol. The molecular weight excluding hydrogens is 333 g/mol. The highest BCUT2D eigenvalue weighted by atomic mass is 79.9. The number of thiazole rings is 1. The summed E-state index contributed by atoms with van der Waals surface area (Å²) in [5, 5.41) is 0.260. The van der Waals surface area contributed by atoms with Crippen LogP contribution in [0.15, 0.2) is 22.7 Å². The summed E-state index contributed by atoms with van der Waals surface area (Å²) >= 11 is 9.89. The van der Waals surface area contributed by atoms with Gasteiger partial charge in [-0.15, -0.1) is 0 Å². The van der Waals surface area contributed by atoms with Crippen LogP contribution < -0.4 is 4.74 Å². The molecule has 1 aromatic heterocycles. The van der Waals surface area contributed by atoms with Crippen molar-refractivity contribution < 1.29 is 13.9 Å². The monoisotopic (exact) mass is 335 g/mol. The van der Waals surface area contributed by atoms with Crippen molar-refractivity contribution >= 4 is 45.2 Å². The van der Waals surface area contributed by atoms with Crippen LogP contribution in [0.25, 0.3) is 0 Å². The van der Waals surface area contributed by atoms with Gasteiger partial charge >= 0.3 is 0 Å². The Hall–Kier alpha value is -0.980. The molecule has 2 rings (SSSR count). The molecule has 0 aliphatic rings. The number of carbonyl (C=O) groups is 1. The summed E-state index contributed by atoms with van der Waals surface area (Å²) in [6.45, 7) is 0. The summed E-state index contributed by atoms with van der Waals surface area (Å²) < 4.78 is 18.9. The molecule has 88 valence electrons. The van der Waals surface area contributed by atoms with Crippen LogP contribution in [0.1, 0.15) is 9.67 Å². The molecule has 1 heterocycles. The molecule has 0 aliphatic carbocycles. The number of halogens is 3. The average molecular weight is 337 g/mol. The molecule has 0 aliphatic heterocycles. The van der Waals surface area contributed by atoms with E-state index in [1.807, 2.05) is 0 Å². The van der Waals surface area contributed by atoms with Gasteiger partial charge in [0.15, 0.2) is 11.4 Å². The van der Waals surface area contributed by atoms with Crippen molar-refractivity contribution in [1.82, 2.24) is 4.98 Å². The lowest BCUT2D eigenvalue weighted by molar-refractivity contribution is 0.112. The standard InChI is InChI=1S/C10H4BrClFNO2S/c11-6-2-1-5(13)3-7(6)16-10-14-9(12)8(4-15)17-10/h1-4H. The van der Waals surface area contributed by atoms with E-state index in [9.17, 15) is 9.18 Å². The summed E-state index contributed by atoms with van der Waals surface area (Å²) in [7, 11) is 0. The second-order valence-corrected chi connectivity index (χ2v) is 5.14. The number of nitrogens with zero attached hydrogens (tertiary/aromatic N) is 1. The molecule has 0 atom stereocenters. The number of rotatable bonds is 3. The highest BCUT2D eigenvalue weighted by Crippen LogP contribution is 2.34. The maximum Gasteiger partial charge on any atom is 0.280 e. The van der Waals surface area contributed by atoms with Crippen LogP contribution in [0.2, 0.25) is 5.15 Å². The minimum absolute atomic E-state index is 0.0764. The molecule has 0 amide bonds. The minimum atomic E-state index is -0.429. The molecule has 0 radical (unpaired) electrons. The van der Waals surface area contributed by atoms with Gasteiger partial charge in [-0.25, -0.2) is 4.39 Å². The first kappa shape index (κ1) is 12.5. The SMILES string of the molecule is O=Cc1sc(Oc2cc(F)ccc2Br)nc1Cl. The second kappa shape index (κ2) is 5.12. The Morgan fingerprint density at radius 1 is 1.53 bits per heavy atom. The Balaban J connectivity index is 2.30. The van der Waals surface area contributed by atoms with Crippen LogP contribution in [-0.2, 0) is 0 Å². The third kappa shape index (κ3) is 2.83. The van der Waals surface area contributed by atoms with Gasteiger partial charge in [0.1, 0.15) is 16.4 Å². The highest BCUT2D eigenvalue weighted by Gasteiger charge is 2.12. The van der Waals surface area contributed by atoms with Crippen molar-refractivity contribution in [3.63, 3.8) is 0 Å². The topological polar surface area (TPSA) is 39.2 Å². The van der Waals surface area contributed by atoms with E-state index in [2.05, 4.69) is 20.9 Å². The molecule has 0 fully saturated rings. The van der Waals surface area contributed by atoms with Crippen molar-refractivity contribution in [3.05, 3.63) is 38.5 Å². The van der Waals surface area contributed by atoms with Gasteiger partial charge in [0.2, 0.25) is 0 Å². The lowest BCUT2D eigenvalue weighted by Crippen LogP contribution is -1.85. The van der Waals surface area contributed by atoms with Crippen molar-refractivity contribution in [2.45, 2.75) is 0 Å². The van der Waals surface area contributed by atoms with Crippen molar-refractivity contribution in [3.8, 4) is 10.9 Å². The molecule has 0 unspecified atom stereocenters. The molecule has 2 aromatic rings. The van der Waals surface area contributed by atoms with E-state index in [1.54, 1.807) is 0 Å². The van der Waals surface area contributed by atoms with E-state index >= 15 is 0 Å². The molecule has 0 saturated carbocycles. The number of hydrogen-bond acceptors (Lipinski definition) is 4. The largest absolute Gasteiger partial charge is 0.430 e. The average Bonchev–Trinajstić information content (AvgIpc) is 2.64. The Bertz CT molecular complexity index is 575. The van der Waals surface area contributed by atoms with E-state index in [0.717, 1.165) is 11.3 Å². The smallest absolute Gasteiger partial charge is 0.280 e. The molecular formula is C10H4BrClFNO2S. The second-order valence-electron chi connectivity index (χ2n) is 2.93. The normalized spacial score (nSPS) is 10.3. The summed E-state index contributed by atoms with van der Waals surface area (Å²) in [6.07, 6.45) is 0.591. The Morgan fingerprint density at radius 3 is 2.94 bits per heavy atom. The molecule has 0 N–H and O–H groups in total. The van der Waals surface area contributed by atoms with Crippen molar-refractivity contribution in [2.24, 2.45) is 0 Å². The molecule has 0 bridgehead atoms. The summed E-state index contributed by atoms with van der Waals surface area (Å²) in [5.74, 6) is -0.158. The number of benzene rings is 1. The molecule has 1 aromatic carbocycles. The lowest BCUT2D eigenvalue weighted by Gasteiger charge is -2.03. The fourth-order valence-corrected chi connectivity index (χ4v) is 2.31. The zero-order chi connectivity index (χ0) is 12.4. The molecule has 17 heavy (non-hydrogen) atoms. The minimum Gasteiger partial charge on any atom is -0.430 e. The van der Waals surface area contributed by atoms with Gasteiger partial charge < -0.3 is 4.74 Å². The first-order valence-electron chi connectivity index (χ1n) is 4.34. The van der Waals surface area contributed by atoms with Gasteiger partial charge in [0.25, 0.3) is 5.19 Å². The number of carbonyl (C=O) groups excluding carboxylic acids is 1. The van der Waals surface area contributed by atoms with E-state index in [0.29, 0.717) is 10.8 Å². The fourth-order valence-electron chi connectivity index (χ4n) is 1.06. The Morgan fingerprint density at radius 2 is 2.29 bits per heavy atom. The zero-order valence-corrected chi connectivity index (χ0v) is 11.3. The van der Waals surface area contributed by atoms with Gasteiger partial charge in [-0.3, -0.25) is 4.79 Å². The first-order chi connectivity index (χ1) is 8.10. The Labute approximate surface area is 113 Å².